The maximum Gasteiger partial charge on any atom is 0.137 e. The van der Waals surface area contributed by atoms with Crippen LogP contribution in [0.1, 0.15) is 49.3 Å². The number of hydrogen-bond donors (Lipinski definition) is 1. The van der Waals surface area contributed by atoms with Gasteiger partial charge in [-0.2, -0.15) is 0 Å². The minimum Gasteiger partial charge on any atom is -0.343 e. The summed E-state index contributed by atoms with van der Waals surface area (Å²) in [4.78, 5) is 9.39. The number of hydrogen-bond acceptors (Lipinski definition) is 2. The molecule has 1 saturated carbocycles. The third-order valence-electron chi connectivity index (χ3n) is 5.35. The zero-order valence-electron chi connectivity index (χ0n) is 14.2. The Hall–Kier alpha value is -1.74. The monoisotopic (exact) mass is 336 g/mol. The Morgan fingerprint density at radius 2 is 1.96 bits per heavy atom. The van der Waals surface area contributed by atoms with Crippen molar-refractivity contribution in [3.63, 3.8) is 0 Å². The number of fused-ring (bicyclic) bond motifs is 1. The standard InChI is InChI=1S/C21H24N2S/c1-24-18-10-8-16(9-11-18)19(13-15-5-2-3-6-15)20-14-17-7-4-12-22-21(17)23-20/h4,7-12,14-15,19H,2-3,5-6,13H2,1H3,(H,22,23). The summed E-state index contributed by atoms with van der Waals surface area (Å²) in [5.74, 6) is 1.30. The Labute approximate surface area is 148 Å². The fourth-order valence-corrected chi connectivity index (χ4v) is 4.43. The van der Waals surface area contributed by atoms with Crippen LogP contribution in [-0.2, 0) is 0 Å². The largest absolute Gasteiger partial charge is 0.343 e. The molecule has 0 aliphatic heterocycles. The lowest BCUT2D eigenvalue weighted by molar-refractivity contribution is 0.469. The molecule has 3 heteroatoms. The zero-order chi connectivity index (χ0) is 16.4. The van der Waals surface area contributed by atoms with Gasteiger partial charge < -0.3 is 4.98 Å². The van der Waals surface area contributed by atoms with Gasteiger partial charge in [0.25, 0.3) is 0 Å². The second-order valence-corrected chi connectivity index (χ2v) is 7.76. The van der Waals surface area contributed by atoms with Crippen LogP contribution in [-0.4, -0.2) is 16.2 Å². The van der Waals surface area contributed by atoms with E-state index in [1.54, 1.807) is 11.8 Å². The van der Waals surface area contributed by atoms with Crippen molar-refractivity contribution in [3.8, 4) is 0 Å². The maximum absolute atomic E-state index is 4.48. The summed E-state index contributed by atoms with van der Waals surface area (Å²) in [5.41, 5.74) is 3.74. The highest BCUT2D eigenvalue weighted by atomic mass is 32.2. The van der Waals surface area contributed by atoms with Gasteiger partial charge in [-0.05, 0) is 54.5 Å². The Kier molecular flexibility index (Phi) is 4.61. The van der Waals surface area contributed by atoms with Gasteiger partial charge in [-0.1, -0.05) is 37.8 Å². The minimum absolute atomic E-state index is 0.443. The molecule has 2 nitrogen and oxygen atoms in total. The van der Waals surface area contributed by atoms with E-state index in [0.29, 0.717) is 5.92 Å². The smallest absolute Gasteiger partial charge is 0.137 e. The van der Waals surface area contributed by atoms with Gasteiger partial charge in [0.05, 0.1) is 0 Å². The molecule has 2 heterocycles. The first-order chi connectivity index (χ1) is 11.8. The molecule has 2 aromatic heterocycles. The Morgan fingerprint density at radius 1 is 1.17 bits per heavy atom. The summed E-state index contributed by atoms with van der Waals surface area (Å²) >= 11 is 1.80. The lowest BCUT2D eigenvalue weighted by Crippen LogP contribution is -2.07. The van der Waals surface area contributed by atoms with Crippen molar-refractivity contribution in [3.05, 3.63) is 59.9 Å². The van der Waals surface area contributed by atoms with Gasteiger partial charge in [0.2, 0.25) is 0 Å². The second-order valence-electron chi connectivity index (χ2n) is 6.88. The van der Waals surface area contributed by atoms with Crippen molar-refractivity contribution in [1.82, 2.24) is 9.97 Å². The molecule has 24 heavy (non-hydrogen) atoms. The molecule has 124 valence electrons. The Morgan fingerprint density at radius 3 is 2.67 bits per heavy atom. The topological polar surface area (TPSA) is 28.7 Å². The van der Waals surface area contributed by atoms with E-state index in [-0.39, 0.29) is 0 Å². The first-order valence-corrected chi connectivity index (χ1v) is 10.1. The summed E-state index contributed by atoms with van der Waals surface area (Å²) in [6, 6.07) is 15.6. The third-order valence-corrected chi connectivity index (χ3v) is 6.09. The second kappa shape index (κ2) is 7.02. The van der Waals surface area contributed by atoms with Crippen molar-refractivity contribution in [1.29, 1.82) is 0 Å². The van der Waals surface area contributed by atoms with Crippen molar-refractivity contribution in [2.75, 3.05) is 6.26 Å². The molecule has 1 atom stereocenters. The number of benzene rings is 1. The quantitative estimate of drug-likeness (QED) is 0.579. The summed E-state index contributed by atoms with van der Waals surface area (Å²) in [6.07, 6.45) is 10.8. The maximum atomic E-state index is 4.48. The van der Waals surface area contributed by atoms with Crippen LogP contribution in [0.5, 0.6) is 0 Å². The van der Waals surface area contributed by atoms with E-state index in [0.717, 1.165) is 11.6 Å². The van der Waals surface area contributed by atoms with Crippen LogP contribution >= 0.6 is 11.8 Å². The van der Waals surface area contributed by atoms with Crippen LogP contribution in [0.25, 0.3) is 11.0 Å². The number of pyridine rings is 1. The van der Waals surface area contributed by atoms with E-state index in [1.165, 1.54) is 53.6 Å². The van der Waals surface area contributed by atoms with Gasteiger partial charge in [0, 0.05) is 28.1 Å². The first-order valence-electron chi connectivity index (χ1n) is 8.91. The number of aromatic amines is 1. The first kappa shape index (κ1) is 15.8. The molecule has 0 saturated heterocycles. The van der Waals surface area contributed by atoms with Gasteiger partial charge in [0.1, 0.15) is 5.65 Å². The lowest BCUT2D eigenvalue weighted by Gasteiger charge is -2.20. The summed E-state index contributed by atoms with van der Waals surface area (Å²) < 4.78 is 0. The molecule has 0 radical (unpaired) electrons. The van der Waals surface area contributed by atoms with E-state index < -0.39 is 0 Å². The number of thioether (sulfide) groups is 1. The van der Waals surface area contributed by atoms with Gasteiger partial charge in [0.15, 0.2) is 0 Å². The molecule has 0 spiro atoms. The molecule has 1 aromatic carbocycles. The van der Waals surface area contributed by atoms with E-state index in [2.05, 4.69) is 52.6 Å². The number of aromatic nitrogens is 2. The molecule has 0 bridgehead atoms. The summed E-state index contributed by atoms with van der Waals surface area (Å²) in [7, 11) is 0. The van der Waals surface area contributed by atoms with Gasteiger partial charge >= 0.3 is 0 Å². The Balaban J connectivity index is 1.70. The predicted molar refractivity (Wildman–Crippen MR) is 103 cm³/mol. The average Bonchev–Trinajstić information content (AvgIpc) is 3.29. The van der Waals surface area contributed by atoms with Crippen LogP contribution in [0.2, 0.25) is 0 Å². The van der Waals surface area contributed by atoms with E-state index >= 15 is 0 Å². The van der Waals surface area contributed by atoms with Crippen molar-refractivity contribution in [2.45, 2.75) is 42.9 Å². The molecular weight excluding hydrogens is 312 g/mol. The summed E-state index contributed by atoms with van der Waals surface area (Å²) in [6.45, 7) is 0. The van der Waals surface area contributed by atoms with Crippen molar-refractivity contribution in [2.24, 2.45) is 5.92 Å². The van der Waals surface area contributed by atoms with E-state index in [9.17, 15) is 0 Å². The normalized spacial score (nSPS) is 16.7. The molecule has 3 aromatic rings. The number of nitrogens with one attached hydrogen (secondary N) is 1. The molecular formula is C21H24N2S. The number of nitrogens with zero attached hydrogens (tertiary/aromatic N) is 1. The molecule has 1 aliphatic rings. The third kappa shape index (κ3) is 3.23. The van der Waals surface area contributed by atoms with E-state index in [1.807, 2.05) is 12.3 Å². The van der Waals surface area contributed by atoms with Crippen LogP contribution in [0.15, 0.2) is 53.6 Å². The minimum atomic E-state index is 0.443. The molecule has 1 aliphatic carbocycles. The Bertz CT molecular complexity index is 767. The number of rotatable bonds is 5. The van der Waals surface area contributed by atoms with Crippen LogP contribution < -0.4 is 0 Å². The van der Waals surface area contributed by atoms with Crippen molar-refractivity contribution < 1.29 is 0 Å². The molecule has 4 rings (SSSR count). The predicted octanol–water partition coefficient (Wildman–Crippen LogP) is 6.00. The fourth-order valence-electron chi connectivity index (χ4n) is 4.02. The summed E-state index contributed by atoms with van der Waals surface area (Å²) in [5, 5.41) is 1.21. The van der Waals surface area contributed by atoms with Crippen LogP contribution in [0.3, 0.4) is 0 Å². The lowest BCUT2D eigenvalue weighted by atomic mass is 9.86. The van der Waals surface area contributed by atoms with Crippen molar-refractivity contribution >= 4 is 22.8 Å². The highest BCUT2D eigenvalue weighted by Gasteiger charge is 2.24. The van der Waals surface area contributed by atoms with Gasteiger partial charge in [-0.25, -0.2) is 4.98 Å². The highest BCUT2D eigenvalue weighted by Crippen LogP contribution is 2.38. The van der Waals surface area contributed by atoms with E-state index in [4.69, 9.17) is 0 Å². The molecule has 1 N–H and O–H groups in total. The van der Waals surface area contributed by atoms with Gasteiger partial charge in [-0.3, -0.25) is 0 Å². The molecule has 1 fully saturated rings. The van der Waals surface area contributed by atoms with Crippen LogP contribution in [0.4, 0.5) is 0 Å². The number of H-pyrrole nitrogens is 1. The molecule has 1 unspecified atom stereocenters. The fraction of sp³-hybridized carbons (Fsp3) is 0.381. The SMILES string of the molecule is CSc1ccc(C(CC2CCCC2)c2cc3cccnc3[nH]2)cc1. The molecule has 0 amide bonds. The van der Waals surface area contributed by atoms with Gasteiger partial charge in [-0.15, -0.1) is 11.8 Å². The zero-order valence-corrected chi connectivity index (χ0v) is 15.0. The van der Waals surface area contributed by atoms with Crippen LogP contribution in [0, 0.1) is 5.92 Å². The highest BCUT2D eigenvalue weighted by molar-refractivity contribution is 7.98. The average molecular weight is 337 g/mol.